The second-order valence-corrected chi connectivity index (χ2v) is 3.99. The Morgan fingerprint density at radius 1 is 1.41 bits per heavy atom. The molecule has 1 aromatic heterocycles. The van der Waals surface area contributed by atoms with Crippen molar-refractivity contribution in [1.29, 1.82) is 0 Å². The van der Waals surface area contributed by atoms with E-state index in [1.54, 1.807) is 6.92 Å². The van der Waals surface area contributed by atoms with Crippen molar-refractivity contribution >= 4 is 0 Å². The predicted molar refractivity (Wildman–Crippen MR) is 63.5 cm³/mol. The van der Waals surface area contributed by atoms with E-state index in [-0.39, 0.29) is 24.1 Å². The lowest BCUT2D eigenvalue weighted by Crippen LogP contribution is -2.33. The van der Waals surface area contributed by atoms with Gasteiger partial charge in [-0.3, -0.25) is 14.3 Å². The van der Waals surface area contributed by atoms with Crippen molar-refractivity contribution in [2.45, 2.75) is 39.8 Å². The maximum absolute atomic E-state index is 11.5. The summed E-state index contributed by atoms with van der Waals surface area (Å²) in [4.78, 5) is 25.0. The van der Waals surface area contributed by atoms with Crippen LogP contribution in [0.25, 0.3) is 0 Å². The Kier molecular flexibility index (Phi) is 4.51. The predicted octanol–water partition coefficient (Wildman–Crippen LogP) is 0.230. The van der Waals surface area contributed by atoms with Gasteiger partial charge < -0.3 is 9.84 Å². The fraction of sp³-hybridized carbons (Fsp3) is 0.636. The van der Waals surface area contributed by atoms with Crippen LogP contribution in [0.4, 0.5) is 0 Å². The number of nitrogens with one attached hydrogen (secondary N) is 1. The van der Waals surface area contributed by atoms with E-state index in [1.165, 1.54) is 0 Å². The van der Waals surface area contributed by atoms with Crippen LogP contribution in [0.2, 0.25) is 0 Å². The Morgan fingerprint density at radius 3 is 2.59 bits per heavy atom. The molecule has 0 aliphatic heterocycles. The summed E-state index contributed by atoms with van der Waals surface area (Å²) in [5.74, 6) is -0.270. The molecule has 6 heteroatoms. The van der Waals surface area contributed by atoms with E-state index >= 15 is 0 Å². The third-order valence-electron chi connectivity index (χ3n) is 2.38. The van der Waals surface area contributed by atoms with Gasteiger partial charge in [0.1, 0.15) is 0 Å². The number of nitrogens with zero attached hydrogens (tertiary/aromatic N) is 1. The van der Waals surface area contributed by atoms with Crippen molar-refractivity contribution in [3.63, 3.8) is 0 Å². The van der Waals surface area contributed by atoms with Crippen LogP contribution in [0, 0.1) is 0 Å². The summed E-state index contributed by atoms with van der Waals surface area (Å²) in [5.41, 5.74) is -0.928. The van der Waals surface area contributed by atoms with E-state index < -0.39 is 11.2 Å². The van der Waals surface area contributed by atoms with Gasteiger partial charge in [0.25, 0.3) is 5.56 Å². The number of hydrogen-bond acceptors (Lipinski definition) is 4. The SMILES string of the molecule is CCc1c(O)n(CCOC(C)C)c(=O)[nH]c1=O. The van der Waals surface area contributed by atoms with Gasteiger partial charge in [0.15, 0.2) is 0 Å². The lowest BCUT2D eigenvalue weighted by Gasteiger charge is -2.12. The van der Waals surface area contributed by atoms with Gasteiger partial charge >= 0.3 is 5.69 Å². The van der Waals surface area contributed by atoms with Crippen LogP contribution in [0.3, 0.4) is 0 Å². The summed E-state index contributed by atoms with van der Waals surface area (Å²) in [6, 6.07) is 0. The number of aromatic nitrogens is 2. The lowest BCUT2D eigenvalue weighted by molar-refractivity contribution is 0.0706. The third kappa shape index (κ3) is 3.20. The van der Waals surface area contributed by atoms with E-state index in [2.05, 4.69) is 4.98 Å². The maximum atomic E-state index is 11.5. The monoisotopic (exact) mass is 242 g/mol. The second kappa shape index (κ2) is 5.67. The van der Waals surface area contributed by atoms with Gasteiger partial charge in [-0.2, -0.15) is 0 Å². The molecule has 0 aliphatic carbocycles. The molecule has 0 saturated heterocycles. The molecule has 6 nitrogen and oxygen atoms in total. The largest absolute Gasteiger partial charge is 0.494 e. The van der Waals surface area contributed by atoms with Crippen molar-refractivity contribution in [1.82, 2.24) is 9.55 Å². The normalized spacial score (nSPS) is 11.1. The summed E-state index contributed by atoms with van der Waals surface area (Å²) in [5, 5.41) is 9.80. The Hall–Kier alpha value is -1.56. The van der Waals surface area contributed by atoms with Gasteiger partial charge in [0, 0.05) is 0 Å². The van der Waals surface area contributed by atoms with Crippen molar-refractivity contribution in [3.8, 4) is 5.88 Å². The summed E-state index contributed by atoms with van der Waals surface area (Å²) < 4.78 is 6.41. The molecule has 0 aliphatic rings. The van der Waals surface area contributed by atoms with Crippen molar-refractivity contribution in [2.24, 2.45) is 0 Å². The minimum atomic E-state index is -0.614. The highest BCUT2D eigenvalue weighted by Gasteiger charge is 2.12. The first-order chi connectivity index (χ1) is 7.97. The van der Waals surface area contributed by atoms with Crippen LogP contribution in [0.5, 0.6) is 5.88 Å². The van der Waals surface area contributed by atoms with Gasteiger partial charge in [0.2, 0.25) is 5.88 Å². The molecule has 1 aromatic rings. The number of rotatable bonds is 5. The quantitative estimate of drug-likeness (QED) is 0.774. The number of aromatic hydroxyl groups is 1. The lowest BCUT2D eigenvalue weighted by atomic mass is 10.2. The molecule has 0 unspecified atom stereocenters. The molecule has 0 saturated carbocycles. The molecule has 1 heterocycles. The second-order valence-electron chi connectivity index (χ2n) is 3.99. The molecule has 0 atom stereocenters. The van der Waals surface area contributed by atoms with E-state index in [4.69, 9.17) is 4.74 Å². The molecule has 0 aromatic carbocycles. The van der Waals surface area contributed by atoms with Gasteiger partial charge in [-0.1, -0.05) is 6.92 Å². The standard InChI is InChI=1S/C11H18N2O4/c1-4-8-9(14)12-11(16)13(10(8)15)5-6-17-7(2)3/h7,15H,4-6H2,1-3H3,(H,12,14,16). The van der Waals surface area contributed by atoms with Crippen LogP contribution >= 0.6 is 0 Å². The Labute approximate surface area is 98.9 Å². The minimum absolute atomic E-state index is 0.0567. The van der Waals surface area contributed by atoms with Crippen molar-refractivity contribution in [2.75, 3.05) is 6.61 Å². The van der Waals surface area contributed by atoms with Crippen LogP contribution in [0.15, 0.2) is 9.59 Å². The molecule has 2 N–H and O–H groups in total. The Morgan fingerprint density at radius 2 is 2.06 bits per heavy atom. The first-order valence-electron chi connectivity index (χ1n) is 5.64. The van der Waals surface area contributed by atoms with Gasteiger partial charge in [-0.25, -0.2) is 4.79 Å². The molecule has 0 bridgehead atoms. The number of H-pyrrole nitrogens is 1. The molecule has 0 fully saturated rings. The van der Waals surface area contributed by atoms with Crippen molar-refractivity contribution < 1.29 is 9.84 Å². The topological polar surface area (TPSA) is 84.3 Å². The molecular weight excluding hydrogens is 224 g/mol. The summed E-state index contributed by atoms with van der Waals surface area (Å²) in [7, 11) is 0. The fourth-order valence-electron chi connectivity index (χ4n) is 1.51. The fourth-order valence-corrected chi connectivity index (χ4v) is 1.51. The average molecular weight is 242 g/mol. The zero-order valence-electron chi connectivity index (χ0n) is 10.3. The molecule has 96 valence electrons. The van der Waals surface area contributed by atoms with Crippen molar-refractivity contribution in [3.05, 3.63) is 26.4 Å². The number of aromatic amines is 1. The molecule has 1 rings (SSSR count). The highest BCUT2D eigenvalue weighted by molar-refractivity contribution is 5.22. The highest BCUT2D eigenvalue weighted by Crippen LogP contribution is 2.09. The van der Waals surface area contributed by atoms with Crippen LogP contribution in [-0.4, -0.2) is 27.4 Å². The number of ether oxygens (including phenoxy) is 1. The van der Waals surface area contributed by atoms with Crippen LogP contribution < -0.4 is 11.2 Å². The molecule has 0 amide bonds. The van der Waals surface area contributed by atoms with Gasteiger partial charge in [-0.15, -0.1) is 0 Å². The molecular formula is C11H18N2O4. The van der Waals surface area contributed by atoms with E-state index in [0.29, 0.717) is 13.0 Å². The van der Waals surface area contributed by atoms with E-state index in [0.717, 1.165) is 4.57 Å². The van der Waals surface area contributed by atoms with Crippen LogP contribution in [-0.2, 0) is 17.7 Å². The van der Waals surface area contributed by atoms with E-state index in [1.807, 2.05) is 13.8 Å². The first-order valence-corrected chi connectivity index (χ1v) is 5.64. The van der Waals surface area contributed by atoms with Gasteiger partial charge in [-0.05, 0) is 20.3 Å². The first kappa shape index (κ1) is 13.5. The zero-order chi connectivity index (χ0) is 13.0. The summed E-state index contributed by atoms with van der Waals surface area (Å²) in [6.07, 6.45) is 0.424. The third-order valence-corrected chi connectivity index (χ3v) is 2.38. The molecule has 0 radical (unpaired) electrons. The molecule has 0 spiro atoms. The summed E-state index contributed by atoms with van der Waals surface area (Å²) in [6.45, 7) is 6.02. The van der Waals surface area contributed by atoms with E-state index in [9.17, 15) is 14.7 Å². The zero-order valence-corrected chi connectivity index (χ0v) is 10.3. The van der Waals surface area contributed by atoms with Gasteiger partial charge in [0.05, 0.1) is 24.8 Å². The average Bonchev–Trinajstić information content (AvgIpc) is 2.22. The number of hydrogen-bond donors (Lipinski definition) is 2. The highest BCUT2D eigenvalue weighted by atomic mass is 16.5. The molecule has 17 heavy (non-hydrogen) atoms. The Balaban J connectivity index is 2.99. The van der Waals surface area contributed by atoms with Crippen LogP contribution in [0.1, 0.15) is 26.3 Å². The maximum Gasteiger partial charge on any atom is 0.331 e. The Bertz CT molecular complexity index is 487. The minimum Gasteiger partial charge on any atom is -0.494 e. The smallest absolute Gasteiger partial charge is 0.331 e. The summed E-state index contributed by atoms with van der Waals surface area (Å²) >= 11 is 0.